The maximum atomic E-state index is 11.6. The Morgan fingerprint density at radius 2 is 2.11 bits per heavy atom. The van der Waals surface area contributed by atoms with Crippen molar-refractivity contribution in [1.82, 2.24) is 10.2 Å². The molecule has 0 aliphatic carbocycles. The van der Waals surface area contributed by atoms with Gasteiger partial charge in [0.05, 0.1) is 6.61 Å². The Balaban J connectivity index is 2.22. The van der Waals surface area contributed by atoms with Crippen LogP contribution in [0.4, 0.5) is 0 Å². The summed E-state index contributed by atoms with van der Waals surface area (Å²) < 4.78 is 4.96. The molecule has 1 rings (SSSR count). The van der Waals surface area contributed by atoms with Crippen molar-refractivity contribution < 1.29 is 23.9 Å². The first-order valence-electron chi connectivity index (χ1n) is 6.10. The van der Waals surface area contributed by atoms with Crippen LogP contribution in [0.3, 0.4) is 0 Å². The van der Waals surface area contributed by atoms with Gasteiger partial charge in [-0.1, -0.05) is 6.92 Å². The van der Waals surface area contributed by atoms with Crippen molar-refractivity contribution in [3.05, 3.63) is 0 Å². The van der Waals surface area contributed by atoms with Crippen molar-refractivity contribution >= 4 is 23.5 Å². The molecule has 0 aromatic carbocycles. The molecular weight excluding hydrogens is 252 g/mol. The van der Waals surface area contributed by atoms with Crippen LogP contribution in [-0.4, -0.2) is 54.7 Å². The second kappa shape index (κ2) is 6.98. The van der Waals surface area contributed by atoms with Crippen LogP contribution < -0.4 is 5.32 Å². The zero-order valence-electron chi connectivity index (χ0n) is 11.1. The van der Waals surface area contributed by atoms with E-state index in [1.54, 1.807) is 6.92 Å². The van der Waals surface area contributed by atoms with E-state index >= 15 is 0 Å². The van der Waals surface area contributed by atoms with Crippen LogP contribution in [-0.2, 0) is 23.9 Å². The van der Waals surface area contributed by atoms with Gasteiger partial charge >= 0.3 is 0 Å². The third-order valence-corrected chi connectivity index (χ3v) is 2.65. The fourth-order valence-corrected chi connectivity index (χ4v) is 1.69. The molecule has 1 aliphatic heterocycles. The lowest BCUT2D eigenvalue weighted by Crippen LogP contribution is -2.41. The summed E-state index contributed by atoms with van der Waals surface area (Å²) >= 11 is 0. The van der Waals surface area contributed by atoms with E-state index in [2.05, 4.69) is 5.32 Å². The predicted molar refractivity (Wildman–Crippen MR) is 65.0 cm³/mol. The van der Waals surface area contributed by atoms with Gasteiger partial charge in [0, 0.05) is 18.9 Å². The van der Waals surface area contributed by atoms with Gasteiger partial charge in [-0.15, -0.1) is 0 Å². The van der Waals surface area contributed by atoms with E-state index in [0.29, 0.717) is 0 Å². The summed E-state index contributed by atoms with van der Waals surface area (Å²) in [5.74, 6) is -1.48. The summed E-state index contributed by atoms with van der Waals surface area (Å²) in [5, 5.41) is 2.52. The number of likely N-dealkylation sites (tertiary alicyclic amines) is 1. The number of hydrogen-bond donors (Lipinski definition) is 1. The lowest BCUT2D eigenvalue weighted by Gasteiger charge is -2.13. The summed E-state index contributed by atoms with van der Waals surface area (Å²) in [6.07, 6.45) is 0.161. The van der Waals surface area contributed by atoms with Gasteiger partial charge in [0.15, 0.2) is 5.78 Å². The molecule has 0 radical (unpaired) electrons. The maximum absolute atomic E-state index is 11.6. The van der Waals surface area contributed by atoms with Crippen LogP contribution in [0.5, 0.6) is 0 Å². The molecular formula is C12H18N2O5. The van der Waals surface area contributed by atoms with Crippen molar-refractivity contribution in [1.29, 1.82) is 0 Å². The van der Waals surface area contributed by atoms with Crippen LogP contribution in [0.2, 0.25) is 0 Å². The Morgan fingerprint density at radius 1 is 1.42 bits per heavy atom. The first-order valence-corrected chi connectivity index (χ1v) is 6.10. The zero-order valence-corrected chi connectivity index (χ0v) is 11.1. The lowest BCUT2D eigenvalue weighted by atomic mass is 10.1. The highest BCUT2D eigenvalue weighted by atomic mass is 16.5. The molecule has 3 amide bonds. The average molecular weight is 270 g/mol. The van der Waals surface area contributed by atoms with Crippen molar-refractivity contribution in [2.45, 2.75) is 20.3 Å². The van der Waals surface area contributed by atoms with Crippen molar-refractivity contribution in [3.63, 3.8) is 0 Å². The minimum Gasteiger partial charge on any atom is -0.372 e. The van der Waals surface area contributed by atoms with Gasteiger partial charge in [-0.05, 0) is 6.92 Å². The fourth-order valence-electron chi connectivity index (χ4n) is 1.69. The monoisotopic (exact) mass is 270 g/mol. The van der Waals surface area contributed by atoms with Gasteiger partial charge in [0.1, 0.15) is 13.2 Å². The van der Waals surface area contributed by atoms with Gasteiger partial charge in [0.2, 0.25) is 17.7 Å². The van der Waals surface area contributed by atoms with Gasteiger partial charge in [0.25, 0.3) is 0 Å². The number of rotatable bonds is 7. The standard InChI is InChI=1S/C12H18N2O5/c1-8-5-11(17)14(12(8)18)6-10(16)13-3-4-19-7-9(2)15/h8H,3-7H2,1-2H3,(H,13,16). The molecule has 0 saturated carbocycles. The number of carbonyl (C=O) groups excluding carboxylic acids is 4. The molecule has 1 unspecified atom stereocenters. The van der Waals surface area contributed by atoms with Gasteiger partial charge in [-0.3, -0.25) is 24.1 Å². The van der Waals surface area contributed by atoms with Crippen LogP contribution in [0.15, 0.2) is 0 Å². The topological polar surface area (TPSA) is 92.8 Å². The van der Waals surface area contributed by atoms with E-state index in [1.165, 1.54) is 6.92 Å². The first-order chi connectivity index (χ1) is 8.91. The number of hydrogen-bond acceptors (Lipinski definition) is 5. The quantitative estimate of drug-likeness (QED) is 0.478. The highest BCUT2D eigenvalue weighted by Gasteiger charge is 2.36. The number of ether oxygens (including phenoxy) is 1. The first kappa shape index (κ1) is 15.3. The van der Waals surface area contributed by atoms with E-state index in [0.717, 1.165) is 4.90 Å². The summed E-state index contributed by atoms with van der Waals surface area (Å²) in [7, 11) is 0. The molecule has 0 spiro atoms. The van der Waals surface area contributed by atoms with E-state index in [9.17, 15) is 19.2 Å². The molecule has 1 atom stereocenters. The normalized spacial score (nSPS) is 18.8. The second-order valence-corrected chi connectivity index (χ2v) is 4.53. The predicted octanol–water partition coefficient (Wildman–Crippen LogP) is -0.897. The molecule has 1 saturated heterocycles. The maximum Gasteiger partial charge on any atom is 0.240 e. The number of carbonyl (C=O) groups is 4. The molecule has 7 nitrogen and oxygen atoms in total. The molecule has 0 aromatic rings. The summed E-state index contributed by atoms with van der Waals surface area (Å²) in [6.45, 7) is 3.27. The van der Waals surface area contributed by atoms with Crippen LogP contribution in [0.25, 0.3) is 0 Å². The number of amides is 3. The van der Waals surface area contributed by atoms with Crippen LogP contribution >= 0.6 is 0 Å². The molecule has 0 bridgehead atoms. The smallest absolute Gasteiger partial charge is 0.240 e. The van der Waals surface area contributed by atoms with Crippen molar-refractivity contribution in [2.75, 3.05) is 26.3 Å². The number of Topliss-reactive ketones (excluding diaryl/α,β-unsaturated/α-hetero) is 1. The van der Waals surface area contributed by atoms with E-state index in [4.69, 9.17) is 4.74 Å². The molecule has 106 valence electrons. The number of nitrogens with zero attached hydrogens (tertiary/aromatic N) is 1. The molecule has 0 aromatic heterocycles. The Labute approximate surface area is 111 Å². The van der Waals surface area contributed by atoms with Gasteiger partial charge in [-0.25, -0.2) is 0 Å². The fraction of sp³-hybridized carbons (Fsp3) is 0.667. The summed E-state index contributed by atoms with van der Waals surface area (Å²) in [5.41, 5.74) is 0. The van der Waals surface area contributed by atoms with Crippen molar-refractivity contribution in [2.24, 2.45) is 5.92 Å². The van der Waals surface area contributed by atoms with E-state index < -0.39 is 5.91 Å². The van der Waals surface area contributed by atoms with E-state index in [-0.39, 0.29) is 56.2 Å². The molecule has 19 heavy (non-hydrogen) atoms. The summed E-state index contributed by atoms with van der Waals surface area (Å²) in [6, 6.07) is 0. The molecule has 7 heteroatoms. The number of ketones is 1. The minimum atomic E-state index is -0.415. The Kier molecular flexibility index (Phi) is 5.62. The highest BCUT2D eigenvalue weighted by Crippen LogP contribution is 2.17. The summed E-state index contributed by atoms with van der Waals surface area (Å²) in [4.78, 5) is 46.1. The third-order valence-electron chi connectivity index (χ3n) is 2.65. The van der Waals surface area contributed by atoms with Crippen molar-refractivity contribution in [3.8, 4) is 0 Å². The third kappa shape index (κ3) is 4.78. The highest BCUT2D eigenvalue weighted by molar-refractivity contribution is 6.05. The Morgan fingerprint density at radius 3 is 2.63 bits per heavy atom. The average Bonchev–Trinajstić information content (AvgIpc) is 2.55. The SMILES string of the molecule is CC(=O)COCCNC(=O)CN1C(=O)CC(C)C1=O. The minimum absolute atomic E-state index is 0.0104. The second-order valence-electron chi connectivity index (χ2n) is 4.53. The molecule has 1 fully saturated rings. The van der Waals surface area contributed by atoms with E-state index in [1.807, 2.05) is 0 Å². The zero-order chi connectivity index (χ0) is 14.4. The number of nitrogens with one attached hydrogen (secondary N) is 1. The molecule has 1 heterocycles. The largest absolute Gasteiger partial charge is 0.372 e. The van der Waals surface area contributed by atoms with Crippen LogP contribution in [0, 0.1) is 5.92 Å². The van der Waals surface area contributed by atoms with Crippen LogP contribution in [0.1, 0.15) is 20.3 Å². The van der Waals surface area contributed by atoms with Gasteiger partial charge < -0.3 is 10.1 Å². The Hall–Kier alpha value is -1.76. The lowest BCUT2D eigenvalue weighted by molar-refractivity contribution is -0.143. The van der Waals surface area contributed by atoms with Gasteiger partial charge in [-0.2, -0.15) is 0 Å². The molecule has 1 aliphatic rings. The Bertz CT molecular complexity index is 394. The molecule has 1 N–H and O–H groups in total. The number of imide groups is 1.